The molecule has 0 unspecified atom stereocenters. The maximum atomic E-state index is 5.67. The monoisotopic (exact) mass is 250 g/mol. The number of ether oxygens (including phenoxy) is 1. The number of halogens is 1. The summed E-state index contributed by atoms with van der Waals surface area (Å²) in [6.07, 6.45) is 3.42. The predicted octanol–water partition coefficient (Wildman–Crippen LogP) is 2.54. The molecule has 0 amide bonds. The Labute approximate surface area is 107 Å². The largest absolute Gasteiger partial charge is 0.487 e. The van der Waals surface area contributed by atoms with Crippen molar-refractivity contribution in [1.29, 1.82) is 0 Å². The fraction of sp³-hybridized carbons (Fsp3) is 0.154. The molecular weight excluding hydrogens is 236 g/mol. The van der Waals surface area contributed by atoms with E-state index in [2.05, 4.69) is 4.98 Å². The smallest absolute Gasteiger partial charge is 0.142 e. The molecular formula is C13H15ClN2O. The molecule has 0 radical (unpaired) electrons. The Morgan fingerprint density at radius 1 is 1.12 bits per heavy atom. The first-order valence-corrected chi connectivity index (χ1v) is 5.20. The molecule has 2 N–H and O–H groups in total. The second-order valence-corrected chi connectivity index (χ2v) is 3.46. The molecule has 17 heavy (non-hydrogen) atoms. The summed E-state index contributed by atoms with van der Waals surface area (Å²) in [4.78, 5) is 4.03. The fourth-order valence-corrected chi connectivity index (χ4v) is 1.44. The van der Waals surface area contributed by atoms with Crippen molar-refractivity contribution in [2.75, 3.05) is 0 Å². The highest BCUT2D eigenvalue weighted by Gasteiger charge is 2.01. The van der Waals surface area contributed by atoms with Crippen molar-refractivity contribution in [2.24, 2.45) is 5.73 Å². The Balaban J connectivity index is 0.00000144. The Morgan fingerprint density at radius 3 is 2.59 bits per heavy atom. The zero-order valence-corrected chi connectivity index (χ0v) is 10.2. The van der Waals surface area contributed by atoms with E-state index in [9.17, 15) is 0 Å². The molecule has 2 aromatic rings. The van der Waals surface area contributed by atoms with Gasteiger partial charge in [-0.1, -0.05) is 30.3 Å². The summed E-state index contributed by atoms with van der Waals surface area (Å²) < 4.78 is 5.67. The summed E-state index contributed by atoms with van der Waals surface area (Å²) >= 11 is 0. The van der Waals surface area contributed by atoms with Crippen molar-refractivity contribution in [1.82, 2.24) is 4.98 Å². The molecule has 1 heterocycles. The second kappa shape index (κ2) is 6.89. The Hall–Kier alpha value is -1.58. The predicted molar refractivity (Wildman–Crippen MR) is 70.2 cm³/mol. The van der Waals surface area contributed by atoms with Gasteiger partial charge in [0.1, 0.15) is 12.4 Å². The van der Waals surface area contributed by atoms with Crippen molar-refractivity contribution in [3.8, 4) is 5.75 Å². The highest BCUT2D eigenvalue weighted by atomic mass is 35.5. The molecule has 1 aromatic heterocycles. The van der Waals surface area contributed by atoms with E-state index in [1.165, 1.54) is 0 Å². The van der Waals surface area contributed by atoms with Crippen LogP contribution < -0.4 is 10.5 Å². The second-order valence-electron chi connectivity index (χ2n) is 3.46. The molecule has 0 bridgehead atoms. The van der Waals surface area contributed by atoms with Gasteiger partial charge in [-0.15, -0.1) is 12.4 Å². The fourth-order valence-electron chi connectivity index (χ4n) is 1.44. The minimum atomic E-state index is 0. The first-order chi connectivity index (χ1) is 7.90. The van der Waals surface area contributed by atoms with Crippen LogP contribution in [-0.2, 0) is 13.2 Å². The molecule has 4 heteroatoms. The van der Waals surface area contributed by atoms with Crippen LogP contribution in [0.25, 0.3) is 0 Å². The van der Waals surface area contributed by atoms with E-state index in [1.54, 1.807) is 12.4 Å². The van der Waals surface area contributed by atoms with E-state index in [4.69, 9.17) is 10.5 Å². The number of nitrogens with two attached hydrogens (primary N) is 1. The van der Waals surface area contributed by atoms with Gasteiger partial charge in [-0.3, -0.25) is 4.98 Å². The van der Waals surface area contributed by atoms with Crippen molar-refractivity contribution in [3.05, 3.63) is 59.9 Å². The molecule has 90 valence electrons. The number of nitrogens with zero attached hydrogens (tertiary/aromatic N) is 1. The van der Waals surface area contributed by atoms with Crippen LogP contribution in [0, 0.1) is 0 Å². The summed E-state index contributed by atoms with van der Waals surface area (Å²) in [5.41, 5.74) is 7.72. The van der Waals surface area contributed by atoms with Gasteiger partial charge in [-0.2, -0.15) is 0 Å². The Kier molecular flexibility index (Phi) is 5.46. The van der Waals surface area contributed by atoms with Gasteiger partial charge in [0.2, 0.25) is 0 Å². The third kappa shape index (κ3) is 3.73. The molecule has 0 saturated heterocycles. The van der Waals surface area contributed by atoms with Crippen molar-refractivity contribution in [3.63, 3.8) is 0 Å². The highest BCUT2D eigenvalue weighted by molar-refractivity contribution is 5.85. The van der Waals surface area contributed by atoms with Crippen LogP contribution in [0.2, 0.25) is 0 Å². The minimum absolute atomic E-state index is 0. The average molecular weight is 251 g/mol. The van der Waals surface area contributed by atoms with Crippen molar-refractivity contribution >= 4 is 12.4 Å². The van der Waals surface area contributed by atoms with Gasteiger partial charge in [-0.25, -0.2) is 0 Å². The average Bonchev–Trinajstić information content (AvgIpc) is 2.38. The summed E-state index contributed by atoms with van der Waals surface area (Å²) in [5.74, 6) is 0.758. The lowest BCUT2D eigenvalue weighted by Crippen LogP contribution is -2.03. The van der Waals surface area contributed by atoms with Gasteiger partial charge >= 0.3 is 0 Å². The standard InChI is InChI=1S/C13H14N2O.ClH/c14-8-12-6-7-15-9-13(12)16-10-11-4-2-1-3-5-11;/h1-7,9H,8,10,14H2;1H. The normalized spacial score (nSPS) is 9.47. The van der Waals surface area contributed by atoms with E-state index in [0.717, 1.165) is 16.9 Å². The van der Waals surface area contributed by atoms with Crippen molar-refractivity contribution in [2.45, 2.75) is 13.2 Å². The third-order valence-corrected chi connectivity index (χ3v) is 2.33. The molecule has 0 fully saturated rings. The van der Waals surface area contributed by atoms with Crippen LogP contribution in [0.1, 0.15) is 11.1 Å². The summed E-state index contributed by atoms with van der Waals surface area (Å²) in [6, 6.07) is 11.9. The summed E-state index contributed by atoms with van der Waals surface area (Å²) in [5, 5.41) is 0. The highest BCUT2D eigenvalue weighted by Crippen LogP contribution is 2.16. The lowest BCUT2D eigenvalue weighted by molar-refractivity contribution is 0.301. The summed E-state index contributed by atoms with van der Waals surface area (Å²) in [6.45, 7) is 1.01. The SMILES string of the molecule is Cl.NCc1ccncc1OCc1ccccc1. The zero-order chi connectivity index (χ0) is 11.2. The Bertz CT molecular complexity index is 448. The van der Waals surface area contributed by atoms with Crippen LogP contribution in [0.4, 0.5) is 0 Å². The Morgan fingerprint density at radius 2 is 1.88 bits per heavy atom. The lowest BCUT2D eigenvalue weighted by atomic mass is 10.2. The van der Waals surface area contributed by atoms with Crippen LogP contribution >= 0.6 is 12.4 Å². The molecule has 0 saturated carbocycles. The van der Waals surface area contributed by atoms with E-state index in [1.807, 2.05) is 36.4 Å². The van der Waals surface area contributed by atoms with Crippen LogP contribution in [0.15, 0.2) is 48.8 Å². The van der Waals surface area contributed by atoms with E-state index < -0.39 is 0 Å². The number of hydrogen-bond donors (Lipinski definition) is 1. The van der Waals surface area contributed by atoms with Gasteiger partial charge in [-0.05, 0) is 11.6 Å². The first kappa shape index (κ1) is 13.5. The van der Waals surface area contributed by atoms with Crippen molar-refractivity contribution < 1.29 is 4.74 Å². The number of benzene rings is 1. The van der Waals surface area contributed by atoms with Crippen LogP contribution in [-0.4, -0.2) is 4.98 Å². The van der Waals surface area contributed by atoms with E-state index >= 15 is 0 Å². The molecule has 2 rings (SSSR count). The quantitative estimate of drug-likeness (QED) is 0.907. The number of rotatable bonds is 4. The van der Waals surface area contributed by atoms with Gasteiger partial charge < -0.3 is 10.5 Å². The maximum absolute atomic E-state index is 5.67. The van der Waals surface area contributed by atoms with Crippen LogP contribution in [0.3, 0.4) is 0 Å². The number of hydrogen-bond acceptors (Lipinski definition) is 3. The van der Waals surface area contributed by atoms with E-state index in [0.29, 0.717) is 13.2 Å². The van der Waals surface area contributed by atoms with Gasteiger partial charge in [0.25, 0.3) is 0 Å². The molecule has 0 atom stereocenters. The third-order valence-electron chi connectivity index (χ3n) is 2.33. The maximum Gasteiger partial charge on any atom is 0.142 e. The van der Waals surface area contributed by atoms with Gasteiger partial charge in [0.15, 0.2) is 0 Å². The zero-order valence-electron chi connectivity index (χ0n) is 9.37. The van der Waals surface area contributed by atoms with Gasteiger partial charge in [0, 0.05) is 18.3 Å². The molecule has 0 aliphatic heterocycles. The number of aromatic nitrogens is 1. The van der Waals surface area contributed by atoms with Crippen LogP contribution in [0.5, 0.6) is 5.75 Å². The molecule has 3 nitrogen and oxygen atoms in total. The molecule has 0 spiro atoms. The molecule has 1 aromatic carbocycles. The molecule has 0 aliphatic rings. The van der Waals surface area contributed by atoms with E-state index in [-0.39, 0.29) is 12.4 Å². The summed E-state index contributed by atoms with van der Waals surface area (Å²) in [7, 11) is 0. The topological polar surface area (TPSA) is 48.1 Å². The lowest BCUT2D eigenvalue weighted by Gasteiger charge is -2.09. The van der Waals surface area contributed by atoms with Gasteiger partial charge in [0.05, 0.1) is 6.20 Å². The first-order valence-electron chi connectivity index (χ1n) is 5.20. The molecule has 0 aliphatic carbocycles. The minimum Gasteiger partial charge on any atom is -0.487 e. The number of pyridine rings is 1.